The monoisotopic (exact) mass is 475 g/mol. The topological polar surface area (TPSA) is 43.4 Å². The Bertz CT molecular complexity index is 368. The van der Waals surface area contributed by atoms with Gasteiger partial charge in [-0.05, 0) is 32.4 Å². The van der Waals surface area contributed by atoms with E-state index < -0.39 is 5.97 Å². The molecule has 0 aliphatic carbocycles. The number of carbonyl (C=O) groups is 1. The summed E-state index contributed by atoms with van der Waals surface area (Å²) in [7, 11) is 0. The Balaban J connectivity index is 0. The largest absolute Gasteiger partial charge is 1.00 e. The number of unbranched alkanes of at least 4 members (excludes halogenated alkanes) is 18. The summed E-state index contributed by atoms with van der Waals surface area (Å²) >= 11 is 0. The van der Waals surface area contributed by atoms with E-state index in [0.717, 1.165) is 19.5 Å². The molecule has 0 amide bonds. The Morgan fingerprint density at radius 1 is 0.576 bits per heavy atom. The van der Waals surface area contributed by atoms with Crippen LogP contribution in [-0.2, 0) is 4.79 Å². The first kappa shape index (κ1) is 35.6. The van der Waals surface area contributed by atoms with Crippen molar-refractivity contribution in [1.82, 2.24) is 4.90 Å². The third kappa shape index (κ3) is 25.3. The van der Waals surface area contributed by atoms with E-state index in [2.05, 4.69) is 25.7 Å². The molecular weight excluding hydrogens is 417 g/mol. The second kappa shape index (κ2) is 28.7. The number of hydrogen-bond donors (Lipinski definition) is 0. The Hall–Kier alpha value is 0.430. The van der Waals surface area contributed by atoms with Gasteiger partial charge in [-0.15, -0.1) is 0 Å². The molecule has 0 N–H and O–H groups in total. The molecule has 0 aromatic rings. The van der Waals surface area contributed by atoms with Crippen LogP contribution in [0.25, 0.3) is 0 Å². The van der Waals surface area contributed by atoms with E-state index in [9.17, 15) is 9.90 Å². The van der Waals surface area contributed by atoms with Crippen LogP contribution in [0.15, 0.2) is 0 Å². The molecule has 0 heterocycles. The molecule has 0 aliphatic heterocycles. The molecule has 0 aromatic heterocycles. The fraction of sp³-hybridized carbons (Fsp3) is 0.966. The van der Waals surface area contributed by atoms with Crippen LogP contribution in [0.4, 0.5) is 0 Å². The van der Waals surface area contributed by atoms with Gasteiger partial charge in [0.05, 0.1) is 0 Å². The zero-order chi connectivity index (χ0) is 23.7. The van der Waals surface area contributed by atoms with E-state index in [0.29, 0.717) is 0 Å². The van der Waals surface area contributed by atoms with Gasteiger partial charge in [0.2, 0.25) is 0 Å². The number of aliphatic carboxylic acids is 1. The van der Waals surface area contributed by atoms with E-state index in [-0.39, 0.29) is 42.0 Å². The molecule has 1 atom stereocenters. The fourth-order valence-corrected chi connectivity index (χ4v) is 4.81. The van der Waals surface area contributed by atoms with E-state index >= 15 is 0 Å². The minimum Gasteiger partial charge on any atom is -0.550 e. The van der Waals surface area contributed by atoms with Gasteiger partial charge in [-0.2, -0.15) is 0 Å². The van der Waals surface area contributed by atoms with Crippen molar-refractivity contribution >= 4 is 5.97 Å². The average Bonchev–Trinajstić information content (AvgIpc) is 2.78. The number of carbonyl (C=O) groups excluding carboxylic acids is 1. The fourth-order valence-electron chi connectivity index (χ4n) is 4.81. The van der Waals surface area contributed by atoms with Crippen LogP contribution in [0.1, 0.15) is 162 Å². The number of carboxylic acids is 1. The van der Waals surface area contributed by atoms with Crippen LogP contribution in [-0.4, -0.2) is 30.0 Å². The third-order valence-electron chi connectivity index (χ3n) is 6.99. The Morgan fingerprint density at radius 3 is 1.15 bits per heavy atom. The van der Waals surface area contributed by atoms with Crippen molar-refractivity contribution in [2.75, 3.05) is 13.1 Å². The molecular formula is C29H58NNaO2. The quantitative estimate of drug-likeness (QED) is 0.130. The smallest absolute Gasteiger partial charge is 0.550 e. The van der Waals surface area contributed by atoms with Gasteiger partial charge in [-0.1, -0.05) is 136 Å². The molecule has 0 saturated carbocycles. The van der Waals surface area contributed by atoms with Crippen LogP contribution in [0.5, 0.6) is 0 Å². The first-order valence-electron chi connectivity index (χ1n) is 14.6. The van der Waals surface area contributed by atoms with Gasteiger partial charge in [0, 0.05) is 18.4 Å². The molecule has 33 heavy (non-hydrogen) atoms. The summed E-state index contributed by atoms with van der Waals surface area (Å²) in [4.78, 5) is 13.7. The molecule has 0 saturated heterocycles. The zero-order valence-electron chi connectivity index (χ0n) is 23.3. The number of rotatable bonds is 26. The van der Waals surface area contributed by atoms with Crippen LogP contribution >= 0.6 is 0 Å². The standard InChI is InChI=1S/C29H59NO2.Na/c1-4-7-9-11-13-15-17-19-21-23-25-30(28(6-3)27-29(31)32)26-24-22-20-18-16-14-12-10-8-5-2;/h28H,4-27H2,1-3H3,(H,31,32);/q;+1/p-1. The van der Waals surface area contributed by atoms with Crippen molar-refractivity contribution in [2.24, 2.45) is 0 Å². The second-order valence-electron chi connectivity index (χ2n) is 10.0. The maximum absolute atomic E-state index is 11.2. The van der Waals surface area contributed by atoms with Crippen molar-refractivity contribution in [3.63, 3.8) is 0 Å². The average molecular weight is 476 g/mol. The van der Waals surface area contributed by atoms with Crippen molar-refractivity contribution in [3.05, 3.63) is 0 Å². The molecule has 1 unspecified atom stereocenters. The molecule has 3 nitrogen and oxygen atoms in total. The summed E-state index contributed by atoms with van der Waals surface area (Å²) in [6.07, 6.45) is 28.1. The molecule has 0 bridgehead atoms. The predicted octanol–water partition coefficient (Wildman–Crippen LogP) is 5.05. The minimum absolute atomic E-state index is 0. The van der Waals surface area contributed by atoms with E-state index in [1.807, 2.05) is 0 Å². The maximum atomic E-state index is 11.2. The minimum atomic E-state index is -0.895. The number of hydrogen-bond acceptors (Lipinski definition) is 3. The Morgan fingerprint density at radius 2 is 0.879 bits per heavy atom. The van der Waals surface area contributed by atoms with Crippen molar-refractivity contribution in [1.29, 1.82) is 0 Å². The van der Waals surface area contributed by atoms with Crippen LogP contribution in [0.3, 0.4) is 0 Å². The predicted molar refractivity (Wildman–Crippen MR) is 139 cm³/mol. The summed E-state index contributed by atoms with van der Waals surface area (Å²) in [6, 6.07) is 0.150. The molecule has 0 spiro atoms. The second-order valence-corrected chi connectivity index (χ2v) is 10.0. The van der Waals surface area contributed by atoms with Crippen LogP contribution in [0, 0.1) is 0 Å². The van der Waals surface area contributed by atoms with Crippen molar-refractivity contribution in [2.45, 2.75) is 168 Å². The van der Waals surface area contributed by atoms with Crippen molar-refractivity contribution < 1.29 is 39.5 Å². The van der Waals surface area contributed by atoms with Crippen LogP contribution < -0.4 is 34.7 Å². The van der Waals surface area contributed by atoms with Gasteiger partial charge in [0.1, 0.15) is 0 Å². The van der Waals surface area contributed by atoms with E-state index in [1.165, 1.54) is 128 Å². The van der Waals surface area contributed by atoms with Gasteiger partial charge >= 0.3 is 29.6 Å². The van der Waals surface area contributed by atoms with Gasteiger partial charge in [0.25, 0.3) is 0 Å². The third-order valence-corrected chi connectivity index (χ3v) is 6.99. The zero-order valence-corrected chi connectivity index (χ0v) is 25.3. The molecule has 0 fully saturated rings. The molecule has 0 rings (SSSR count). The van der Waals surface area contributed by atoms with Crippen LogP contribution in [0.2, 0.25) is 0 Å². The van der Waals surface area contributed by atoms with Gasteiger partial charge < -0.3 is 14.8 Å². The van der Waals surface area contributed by atoms with Crippen molar-refractivity contribution in [3.8, 4) is 0 Å². The molecule has 0 radical (unpaired) electrons. The Kier molecular flexibility index (Phi) is 30.9. The molecule has 0 aromatic carbocycles. The normalized spacial score (nSPS) is 12.1. The maximum Gasteiger partial charge on any atom is 1.00 e. The molecule has 0 aliphatic rings. The number of nitrogens with zero attached hydrogens (tertiary/aromatic N) is 1. The van der Waals surface area contributed by atoms with E-state index in [4.69, 9.17) is 0 Å². The molecule has 192 valence electrons. The summed E-state index contributed by atoms with van der Waals surface area (Å²) in [5.41, 5.74) is 0. The number of carboxylic acid groups (broad SMARTS) is 1. The summed E-state index contributed by atoms with van der Waals surface area (Å²) < 4.78 is 0. The first-order valence-corrected chi connectivity index (χ1v) is 14.6. The van der Waals surface area contributed by atoms with Gasteiger partial charge in [-0.25, -0.2) is 0 Å². The SMILES string of the molecule is CCCCCCCCCCCCN(CCCCCCCCCCCC)C(CC)CC(=O)[O-].[Na+]. The summed E-state index contributed by atoms with van der Waals surface area (Å²) in [5.74, 6) is -0.895. The van der Waals surface area contributed by atoms with Gasteiger partial charge in [0.15, 0.2) is 0 Å². The summed E-state index contributed by atoms with van der Waals surface area (Å²) in [6.45, 7) is 8.78. The van der Waals surface area contributed by atoms with Gasteiger partial charge in [-0.3, -0.25) is 0 Å². The van der Waals surface area contributed by atoms with E-state index in [1.54, 1.807) is 0 Å². The molecule has 4 heteroatoms. The first-order chi connectivity index (χ1) is 15.7. The summed E-state index contributed by atoms with van der Waals surface area (Å²) in [5, 5.41) is 11.2. The Labute approximate surface area is 230 Å².